The van der Waals surface area contributed by atoms with Gasteiger partial charge < -0.3 is 19.3 Å². The van der Waals surface area contributed by atoms with Crippen molar-refractivity contribution in [1.82, 2.24) is 4.90 Å². The second kappa shape index (κ2) is 9.75. The number of hydrogen-bond acceptors (Lipinski definition) is 7. The minimum Gasteiger partial charge on any atom is -0.492 e. The Kier molecular flexibility index (Phi) is 7.82. The third-order valence-electron chi connectivity index (χ3n) is 5.17. The Morgan fingerprint density at radius 2 is 1.90 bits per heavy atom. The van der Waals surface area contributed by atoms with Gasteiger partial charge in [-0.2, -0.15) is 0 Å². The molecule has 0 aromatic carbocycles. The Morgan fingerprint density at radius 3 is 2.43 bits per heavy atom. The highest BCUT2D eigenvalue weighted by Crippen LogP contribution is 2.37. The Hall–Kier alpha value is -2.19. The lowest BCUT2D eigenvalue weighted by molar-refractivity contribution is -0.120. The lowest BCUT2D eigenvalue weighted by Gasteiger charge is -2.44. The van der Waals surface area contributed by atoms with E-state index in [0.717, 1.165) is 12.8 Å². The topological polar surface area (TPSA) is 102 Å². The third kappa shape index (κ3) is 4.92. The van der Waals surface area contributed by atoms with Gasteiger partial charge in [-0.15, -0.1) is 0 Å². The Balaban J connectivity index is 2.52. The summed E-state index contributed by atoms with van der Waals surface area (Å²) >= 11 is 0. The van der Waals surface area contributed by atoms with Gasteiger partial charge in [0.1, 0.15) is 5.60 Å². The molecule has 2 aliphatic rings. The van der Waals surface area contributed by atoms with Crippen molar-refractivity contribution >= 4 is 17.7 Å². The highest BCUT2D eigenvalue weighted by molar-refractivity contribution is 6.25. The highest BCUT2D eigenvalue weighted by atomic mass is 16.6. The molecule has 1 aliphatic heterocycles. The predicted octanol–water partition coefficient (Wildman–Crippen LogP) is 2.54. The molecule has 2 atom stereocenters. The molecule has 1 aliphatic carbocycles. The number of rotatable bonds is 7. The van der Waals surface area contributed by atoms with Gasteiger partial charge in [-0.1, -0.05) is 13.3 Å². The van der Waals surface area contributed by atoms with Gasteiger partial charge >= 0.3 is 6.09 Å². The zero-order chi connectivity index (χ0) is 22.6. The van der Waals surface area contributed by atoms with Crippen molar-refractivity contribution in [2.45, 2.75) is 71.6 Å². The maximum absolute atomic E-state index is 13.2. The van der Waals surface area contributed by atoms with Gasteiger partial charge in [0.15, 0.2) is 11.5 Å². The molecule has 0 saturated heterocycles. The van der Waals surface area contributed by atoms with Crippen LogP contribution in [-0.2, 0) is 23.8 Å². The number of amides is 1. The molecule has 0 bridgehead atoms. The van der Waals surface area contributed by atoms with Crippen molar-refractivity contribution < 1.29 is 33.7 Å². The summed E-state index contributed by atoms with van der Waals surface area (Å²) in [5, 5.41) is 10.00. The maximum atomic E-state index is 13.2. The molecule has 30 heavy (non-hydrogen) atoms. The Morgan fingerprint density at radius 1 is 1.23 bits per heavy atom. The number of methoxy groups -OCH3 is 1. The van der Waals surface area contributed by atoms with Crippen LogP contribution < -0.4 is 0 Å². The summed E-state index contributed by atoms with van der Waals surface area (Å²) in [6.07, 6.45) is 1.16. The van der Waals surface area contributed by atoms with E-state index in [9.17, 15) is 19.5 Å². The first-order chi connectivity index (χ1) is 14.1. The van der Waals surface area contributed by atoms with E-state index in [0.29, 0.717) is 12.2 Å². The molecule has 0 fully saturated rings. The Labute approximate surface area is 177 Å². The van der Waals surface area contributed by atoms with Crippen LogP contribution in [0.5, 0.6) is 0 Å². The van der Waals surface area contributed by atoms with E-state index in [1.807, 2.05) is 6.92 Å². The van der Waals surface area contributed by atoms with Gasteiger partial charge in [0.25, 0.3) is 0 Å². The normalized spacial score (nSPS) is 22.4. The molecule has 0 unspecified atom stereocenters. The molecule has 8 nitrogen and oxygen atoms in total. The average Bonchev–Trinajstić information content (AvgIpc) is 2.67. The predicted molar refractivity (Wildman–Crippen MR) is 110 cm³/mol. The molecule has 168 valence electrons. The fourth-order valence-electron chi connectivity index (χ4n) is 3.76. The summed E-state index contributed by atoms with van der Waals surface area (Å²) in [5.41, 5.74) is -0.0370. The standard InChI is InChI=1S/C22H33NO7/c1-7-8-9-29-12-16-17-15(18(25)13(2)20(28-6)19(17)26)10-14(11-24)23(16)21(27)30-22(3,4)5/h14,16,24H,7-12H2,1-6H3/t14-,16-/m0/s1. The number of nitrogens with zero attached hydrogens (tertiary/aromatic N) is 1. The van der Waals surface area contributed by atoms with Gasteiger partial charge in [-0.25, -0.2) is 4.79 Å². The summed E-state index contributed by atoms with van der Waals surface area (Å²) < 4.78 is 16.5. The SMILES string of the molecule is CCCCOC[C@H]1C2=C(C[C@@H](CO)N1C(=O)OC(C)(C)C)C(=O)C(C)=C(OC)C2=O. The molecule has 1 heterocycles. The molecular weight excluding hydrogens is 390 g/mol. The molecule has 8 heteroatoms. The van der Waals surface area contributed by atoms with E-state index in [1.165, 1.54) is 12.0 Å². The molecule has 2 rings (SSSR count). The van der Waals surface area contributed by atoms with Crippen molar-refractivity contribution in [2.75, 3.05) is 26.9 Å². The minimum absolute atomic E-state index is 0.0175. The number of carbonyl (C=O) groups excluding carboxylic acids is 3. The summed E-state index contributed by atoms with van der Waals surface area (Å²) in [4.78, 5) is 40.5. The summed E-state index contributed by atoms with van der Waals surface area (Å²) in [5.74, 6) is -0.759. The molecule has 0 spiro atoms. The minimum atomic E-state index is -0.854. The number of carbonyl (C=O) groups is 3. The third-order valence-corrected chi connectivity index (χ3v) is 5.17. The van der Waals surface area contributed by atoms with Crippen LogP contribution in [0.3, 0.4) is 0 Å². The van der Waals surface area contributed by atoms with Gasteiger partial charge in [-0.05, 0) is 40.5 Å². The van der Waals surface area contributed by atoms with Crippen LogP contribution in [0.25, 0.3) is 0 Å². The van der Waals surface area contributed by atoms with Crippen molar-refractivity contribution in [3.8, 4) is 0 Å². The number of ketones is 2. The lowest BCUT2D eigenvalue weighted by atomic mass is 9.78. The molecule has 1 N–H and O–H groups in total. The van der Waals surface area contributed by atoms with Crippen molar-refractivity contribution in [2.24, 2.45) is 0 Å². The molecule has 0 aromatic heterocycles. The van der Waals surface area contributed by atoms with E-state index in [2.05, 4.69) is 0 Å². The molecule has 0 radical (unpaired) electrons. The number of hydrogen-bond donors (Lipinski definition) is 1. The van der Waals surface area contributed by atoms with Crippen LogP contribution in [0.4, 0.5) is 4.79 Å². The monoisotopic (exact) mass is 423 g/mol. The van der Waals surface area contributed by atoms with Crippen molar-refractivity contribution in [3.05, 3.63) is 22.5 Å². The highest BCUT2D eigenvalue weighted by Gasteiger charge is 2.48. The van der Waals surface area contributed by atoms with E-state index in [1.54, 1.807) is 27.7 Å². The summed E-state index contributed by atoms with van der Waals surface area (Å²) in [7, 11) is 1.34. The molecule has 0 saturated carbocycles. The lowest BCUT2D eigenvalue weighted by Crippen LogP contribution is -2.57. The van der Waals surface area contributed by atoms with Gasteiger partial charge in [-0.3, -0.25) is 14.5 Å². The van der Waals surface area contributed by atoms with E-state index >= 15 is 0 Å². The number of aliphatic hydroxyl groups is 1. The van der Waals surface area contributed by atoms with E-state index in [4.69, 9.17) is 14.2 Å². The van der Waals surface area contributed by atoms with E-state index in [-0.39, 0.29) is 42.3 Å². The molecule has 1 amide bonds. The van der Waals surface area contributed by atoms with Crippen LogP contribution in [0, 0.1) is 0 Å². The Bertz CT molecular complexity index is 760. The maximum Gasteiger partial charge on any atom is 0.411 e. The molecular formula is C22H33NO7. The van der Waals surface area contributed by atoms with Gasteiger partial charge in [0, 0.05) is 23.3 Å². The number of allylic oxidation sites excluding steroid dienone is 2. The molecule has 0 aromatic rings. The number of Topliss-reactive ketones (excluding diaryl/α,β-unsaturated/α-hetero) is 2. The zero-order valence-electron chi connectivity index (χ0n) is 18.7. The second-order valence-corrected chi connectivity index (χ2v) is 8.58. The second-order valence-electron chi connectivity index (χ2n) is 8.58. The first kappa shape index (κ1) is 24.1. The van der Waals surface area contributed by atoms with Crippen LogP contribution >= 0.6 is 0 Å². The quantitative estimate of drug-likeness (QED) is 0.496. The van der Waals surface area contributed by atoms with Gasteiger partial charge in [0.05, 0.1) is 32.4 Å². The fraction of sp³-hybridized carbons (Fsp3) is 0.682. The number of unbranched alkanes of at least 4 members (excludes halogenated alkanes) is 1. The van der Waals surface area contributed by atoms with Crippen LogP contribution in [0.15, 0.2) is 22.5 Å². The largest absolute Gasteiger partial charge is 0.492 e. The van der Waals surface area contributed by atoms with E-state index < -0.39 is 29.6 Å². The zero-order valence-corrected chi connectivity index (χ0v) is 18.7. The summed E-state index contributed by atoms with van der Waals surface area (Å²) in [6, 6.07) is -1.56. The van der Waals surface area contributed by atoms with Gasteiger partial charge in [0.2, 0.25) is 5.78 Å². The van der Waals surface area contributed by atoms with Crippen molar-refractivity contribution in [3.63, 3.8) is 0 Å². The number of ether oxygens (including phenoxy) is 3. The first-order valence-electron chi connectivity index (χ1n) is 10.3. The first-order valence-corrected chi connectivity index (χ1v) is 10.3. The summed E-state index contributed by atoms with van der Waals surface area (Å²) in [6.45, 7) is 8.90. The van der Waals surface area contributed by atoms with Crippen LogP contribution in [0.1, 0.15) is 53.9 Å². The van der Waals surface area contributed by atoms with Crippen LogP contribution in [-0.4, -0.2) is 72.3 Å². The smallest absolute Gasteiger partial charge is 0.411 e. The van der Waals surface area contributed by atoms with Crippen molar-refractivity contribution in [1.29, 1.82) is 0 Å². The number of aliphatic hydroxyl groups excluding tert-OH is 1. The van der Waals surface area contributed by atoms with Crippen LogP contribution in [0.2, 0.25) is 0 Å². The fourth-order valence-corrected chi connectivity index (χ4v) is 3.76. The average molecular weight is 424 g/mol.